The number of carbonyl (C=O) groups is 1. The molecule has 1 heterocycles. The van der Waals surface area contributed by atoms with Gasteiger partial charge < -0.3 is 30.6 Å². The van der Waals surface area contributed by atoms with Gasteiger partial charge in [-0.1, -0.05) is 30.3 Å². The van der Waals surface area contributed by atoms with E-state index < -0.39 is 48.1 Å². The lowest BCUT2D eigenvalue weighted by Crippen LogP contribution is -2.85. The average Bonchev–Trinajstić information content (AvgIpc) is 2.62. The zero-order chi connectivity index (χ0) is 18.4. The number of hydroxylamine groups is 2. The van der Waals surface area contributed by atoms with Gasteiger partial charge in [-0.15, -0.1) is 0 Å². The molecule has 25 heavy (non-hydrogen) atoms. The summed E-state index contributed by atoms with van der Waals surface area (Å²) in [5.74, 6) is -0.553. The van der Waals surface area contributed by atoms with Gasteiger partial charge in [-0.3, -0.25) is 9.63 Å². The molecule has 0 aromatic heterocycles. The molecule has 0 unspecified atom stereocenters. The molecule has 9 heteroatoms. The largest absolute Gasteiger partial charge is 0.393 e. The second-order valence-electron chi connectivity index (χ2n) is 6.54. The van der Waals surface area contributed by atoms with E-state index in [4.69, 9.17) is 4.84 Å². The molecule has 1 amide bonds. The molecule has 1 aromatic rings. The third kappa shape index (κ3) is 2.48. The maximum absolute atomic E-state index is 12.0. The van der Waals surface area contributed by atoms with Gasteiger partial charge in [0, 0.05) is 0 Å². The molecule has 0 bridgehead atoms. The van der Waals surface area contributed by atoms with Crippen LogP contribution < -0.4 is 0 Å². The van der Waals surface area contributed by atoms with Crippen LogP contribution in [0.15, 0.2) is 30.3 Å². The van der Waals surface area contributed by atoms with E-state index in [-0.39, 0.29) is 13.0 Å². The molecular weight excluding hydrogens is 334 g/mol. The number of aliphatic hydroxyl groups excluding tert-OH is 5. The van der Waals surface area contributed by atoms with Crippen LogP contribution in [0.25, 0.3) is 0 Å². The molecular formula is C16H21NO8. The van der Waals surface area contributed by atoms with Crippen molar-refractivity contribution in [2.45, 2.75) is 48.6 Å². The summed E-state index contributed by atoms with van der Waals surface area (Å²) in [6, 6.07) is 8.84. The van der Waals surface area contributed by atoms with Crippen molar-refractivity contribution in [3.63, 3.8) is 0 Å². The molecule has 138 valence electrons. The topological polar surface area (TPSA) is 151 Å². The lowest BCUT2D eigenvalue weighted by atomic mass is 9.62. The first-order chi connectivity index (χ1) is 11.8. The van der Waals surface area contributed by atoms with Crippen molar-refractivity contribution in [1.82, 2.24) is 5.06 Å². The third-order valence-corrected chi connectivity index (χ3v) is 5.14. The van der Waals surface area contributed by atoms with Crippen molar-refractivity contribution in [3.8, 4) is 0 Å². The minimum atomic E-state index is -2.52. The molecule has 1 spiro atoms. The second kappa shape index (κ2) is 6.29. The number of rotatable bonds is 4. The maximum Gasteiger partial charge on any atom is 0.249 e. The van der Waals surface area contributed by atoms with Gasteiger partial charge in [0.25, 0.3) is 0 Å². The molecule has 2 aliphatic rings. The van der Waals surface area contributed by atoms with E-state index in [1.165, 1.54) is 0 Å². The van der Waals surface area contributed by atoms with Gasteiger partial charge in [-0.05, 0) is 5.56 Å². The summed E-state index contributed by atoms with van der Waals surface area (Å²) in [6.45, 7) is -1.12. The molecule has 3 rings (SSSR count). The van der Waals surface area contributed by atoms with Gasteiger partial charge in [0.05, 0.1) is 13.0 Å². The van der Waals surface area contributed by atoms with Gasteiger partial charge in [-0.25, -0.2) is 5.06 Å². The maximum atomic E-state index is 12.0. The number of nitrogens with zero attached hydrogens (tertiary/aromatic N) is 1. The standard InChI is InChI=1S/C16H21NO8/c18-8-16(24)13(22)11(20)15(12(21)14(16)23)6-10(19)17(15)25-7-9-4-2-1-3-5-9/h1-5,11-14,18,20-24H,6-8H2/t11-,12+,13+,14-,15+,16-. The molecule has 6 N–H and O–H groups in total. The summed E-state index contributed by atoms with van der Waals surface area (Å²) in [5, 5.41) is 61.3. The fourth-order valence-corrected chi connectivity index (χ4v) is 3.51. The van der Waals surface area contributed by atoms with E-state index in [1.807, 2.05) is 0 Å². The zero-order valence-electron chi connectivity index (χ0n) is 13.3. The Kier molecular flexibility index (Phi) is 4.58. The number of β-lactam (4-membered cyclic amide) rings is 1. The van der Waals surface area contributed by atoms with Crippen LogP contribution in [0.1, 0.15) is 12.0 Å². The molecule has 2 fully saturated rings. The van der Waals surface area contributed by atoms with Crippen molar-refractivity contribution in [1.29, 1.82) is 0 Å². The van der Waals surface area contributed by atoms with Crippen molar-refractivity contribution >= 4 is 5.91 Å². The summed E-state index contributed by atoms with van der Waals surface area (Å²) >= 11 is 0. The molecule has 1 saturated heterocycles. The second-order valence-corrected chi connectivity index (χ2v) is 6.54. The zero-order valence-corrected chi connectivity index (χ0v) is 13.3. The van der Waals surface area contributed by atoms with Crippen LogP contribution in [0.3, 0.4) is 0 Å². The average molecular weight is 355 g/mol. The Hall–Kier alpha value is -1.59. The van der Waals surface area contributed by atoms with Gasteiger partial charge in [-0.2, -0.15) is 0 Å². The summed E-state index contributed by atoms with van der Waals surface area (Å²) in [6.07, 6.45) is -8.05. The van der Waals surface area contributed by atoms with Crippen LogP contribution in [0.5, 0.6) is 0 Å². The van der Waals surface area contributed by atoms with Gasteiger partial charge in [0.1, 0.15) is 42.2 Å². The highest BCUT2D eigenvalue weighted by molar-refractivity contribution is 5.84. The predicted octanol–water partition coefficient (Wildman–Crippen LogP) is -2.73. The minimum Gasteiger partial charge on any atom is -0.393 e. The van der Waals surface area contributed by atoms with E-state index in [1.54, 1.807) is 30.3 Å². The molecule has 0 radical (unpaired) electrons. The Bertz CT molecular complexity index is 622. The third-order valence-electron chi connectivity index (χ3n) is 5.14. The van der Waals surface area contributed by atoms with Crippen LogP contribution in [-0.2, 0) is 16.2 Å². The minimum absolute atomic E-state index is 0.0375. The fourth-order valence-electron chi connectivity index (χ4n) is 3.51. The normalized spacial score (nSPS) is 41.0. The smallest absolute Gasteiger partial charge is 0.249 e. The molecule has 1 aliphatic heterocycles. The van der Waals surface area contributed by atoms with Crippen LogP contribution in [0.4, 0.5) is 0 Å². The number of hydrogen-bond donors (Lipinski definition) is 6. The number of carbonyl (C=O) groups excluding carboxylic acids is 1. The molecule has 1 aliphatic carbocycles. The Labute approximate surface area is 143 Å². The first kappa shape index (κ1) is 18.2. The van der Waals surface area contributed by atoms with Gasteiger partial charge >= 0.3 is 0 Å². The molecule has 1 aromatic carbocycles. The summed E-state index contributed by atoms with van der Waals surface area (Å²) in [4.78, 5) is 17.4. The van der Waals surface area contributed by atoms with E-state index >= 15 is 0 Å². The van der Waals surface area contributed by atoms with Crippen molar-refractivity contribution in [2.75, 3.05) is 6.61 Å². The SMILES string of the molecule is O=C1C[C@@]2([C@H](O)[C@H](O)[C@](O)(CO)[C@H](O)[C@@H]2O)N1OCc1ccccc1. The van der Waals surface area contributed by atoms with Gasteiger partial charge in [0.15, 0.2) is 0 Å². The van der Waals surface area contributed by atoms with Crippen LogP contribution in [0.2, 0.25) is 0 Å². The monoisotopic (exact) mass is 355 g/mol. The van der Waals surface area contributed by atoms with Crippen molar-refractivity contribution in [2.24, 2.45) is 0 Å². The van der Waals surface area contributed by atoms with Crippen LogP contribution in [0, 0.1) is 0 Å². The Balaban J connectivity index is 1.85. The highest BCUT2D eigenvalue weighted by Gasteiger charge is 2.72. The van der Waals surface area contributed by atoms with Crippen molar-refractivity contribution in [3.05, 3.63) is 35.9 Å². The summed E-state index contributed by atoms with van der Waals surface area (Å²) in [5.41, 5.74) is -3.61. The highest BCUT2D eigenvalue weighted by Crippen LogP contribution is 2.47. The summed E-state index contributed by atoms with van der Waals surface area (Å²) in [7, 11) is 0. The van der Waals surface area contributed by atoms with Crippen molar-refractivity contribution < 1.29 is 40.3 Å². The number of hydrogen-bond acceptors (Lipinski definition) is 8. The Morgan fingerprint density at radius 2 is 1.60 bits per heavy atom. The quantitative estimate of drug-likeness (QED) is 0.319. The van der Waals surface area contributed by atoms with E-state index in [0.29, 0.717) is 0 Å². The van der Waals surface area contributed by atoms with Crippen LogP contribution >= 0.6 is 0 Å². The van der Waals surface area contributed by atoms with Gasteiger partial charge in [0.2, 0.25) is 5.91 Å². The number of benzene rings is 1. The Morgan fingerprint density at radius 3 is 2.08 bits per heavy atom. The first-order valence-corrected chi connectivity index (χ1v) is 7.84. The predicted molar refractivity (Wildman–Crippen MR) is 81.5 cm³/mol. The fraction of sp³-hybridized carbons (Fsp3) is 0.562. The highest BCUT2D eigenvalue weighted by atomic mass is 16.7. The lowest BCUT2D eigenvalue weighted by Gasteiger charge is -2.61. The molecule has 1 saturated carbocycles. The number of aliphatic hydroxyl groups is 6. The molecule has 9 nitrogen and oxygen atoms in total. The first-order valence-electron chi connectivity index (χ1n) is 7.84. The van der Waals surface area contributed by atoms with E-state index in [0.717, 1.165) is 10.6 Å². The van der Waals surface area contributed by atoms with E-state index in [2.05, 4.69) is 0 Å². The molecule has 6 atom stereocenters. The Morgan fingerprint density at radius 1 is 1.04 bits per heavy atom. The van der Waals surface area contributed by atoms with E-state index in [9.17, 15) is 35.4 Å². The van der Waals surface area contributed by atoms with Crippen LogP contribution in [-0.4, -0.2) is 83.8 Å². The lowest BCUT2D eigenvalue weighted by molar-refractivity contribution is -0.357. The number of amides is 1. The summed E-state index contributed by atoms with van der Waals surface area (Å²) < 4.78 is 0.